The smallest absolute Gasteiger partial charge is 0.274 e. The summed E-state index contributed by atoms with van der Waals surface area (Å²) in [6.45, 7) is 3.32. The summed E-state index contributed by atoms with van der Waals surface area (Å²) < 4.78 is 6.01. The highest BCUT2D eigenvalue weighted by Crippen LogP contribution is 2.29. The van der Waals surface area contributed by atoms with E-state index in [0.717, 1.165) is 53.0 Å². The SMILES string of the molecule is CNC(=O)c1ccc(-c2cc(C)nc(C3CN(C(=O)c4n[nH]c5c4CCC5)CCO3)c2)cn1. The second-order valence-electron chi connectivity index (χ2n) is 8.43. The van der Waals surface area contributed by atoms with Gasteiger partial charge in [0.15, 0.2) is 5.69 Å². The van der Waals surface area contributed by atoms with Crippen molar-refractivity contribution in [2.24, 2.45) is 0 Å². The predicted octanol–water partition coefficient (Wildman–Crippen LogP) is 2.24. The standard InChI is InChI=1S/C24H26N6O3/c1-14-10-16(15-6-7-19(26-12-15)23(31)25-2)11-20(27-14)21-13-30(8-9-33-21)24(32)22-17-4-3-5-18(17)28-29-22/h6-7,10-12,21H,3-5,8-9,13H2,1-2H3,(H,25,31)(H,28,29). The number of hydrogen-bond donors (Lipinski definition) is 2. The molecule has 1 fully saturated rings. The summed E-state index contributed by atoms with van der Waals surface area (Å²) in [5.41, 5.74) is 6.48. The normalized spacial score (nSPS) is 17.6. The molecule has 2 N–H and O–H groups in total. The molecule has 1 aliphatic carbocycles. The molecular formula is C24H26N6O3. The van der Waals surface area contributed by atoms with Crippen molar-refractivity contribution in [2.75, 3.05) is 26.7 Å². The van der Waals surface area contributed by atoms with Crippen molar-refractivity contribution >= 4 is 11.8 Å². The molecule has 0 bridgehead atoms. The van der Waals surface area contributed by atoms with E-state index >= 15 is 0 Å². The second-order valence-corrected chi connectivity index (χ2v) is 8.43. The maximum absolute atomic E-state index is 13.2. The van der Waals surface area contributed by atoms with Crippen LogP contribution in [-0.4, -0.2) is 63.6 Å². The highest BCUT2D eigenvalue weighted by Gasteiger charge is 2.31. The van der Waals surface area contributed by atoms with E-state index in [9.17, 15) is 9.59 Å². The van der Waals surface area contributed by atoms with Gasteiger partial charge >= 0.3 is 0 Å². The average molecular weight is 447 g/mol. The van der Waals surface area contributed by atoms with Crippen molar-refractivity contribution in [2.45, 2.75) is 32.3 Å². The van der Waals surface area contributed by atoms with Gasteiger partial charge in [0.05, 0.1) is 18.8 Å². The first-order valence-electron chi connectivity index (χ1n) is 11.2. The third-order valence-electron chi connectivity index (χ3n) is 6.22. The van der Waals surface area contributed by atoms with Crippen LogP contribution in [-0.2, 0) is 17.6 Å². The van der Waals surface area contributed by atoms with Gasteiger partial charge in [0.25, 0.3) is 11.8 Å². The van der Waals surface area contributed by atoms with E-state index in [1.54, 1.807) is 19.3 Å². The maximum Gasteiger partial charge on any atom is 0.274 e. The Morgan fingerprint density at radius 3 is 2.88 bits per heavy atom. The minimum absolute atomic E-state index is 0.0513. The van der Waals surface area contributed by atoms with E-state index in [4.69, 9.17) is 4.74 Å². The van der Waals surface area contributed by atoms with Gasteiger partial charge in [-0.3, -0.25) is 24.7 Å². The van der Waals surface area contributed by atoms with Crippen LogP contribution < -0.4 is 5.32 Å². The summed E-state index contributed by atoms with van der Waals surface area (Å²) in [5.74, 6) is -0.277. The molecule has 1 saturated heterocycles. The number of carbonyl (C=O) groups is 2. The number of hydrogen-bond acceptors (Lipinski definition) is 6. The fourth-order valence-corrected chi connectivity index (χ4v) is 4.51. The van der Waals surface area contributed by atoms with Gasteiger partial charge in [0.1, 0.15) is 11.8 Å². The number of ether oxygens (including phenoxy) is 1. The molecular weight excluding hydrogens is 420 g/mol. The zero-order valence-corrected chi connectivity index (χ0v) is 18.7. The van der Waals surface area contributed by atoms with E-state index in [1.807, 2.05) is 30.0 Å². The van der Waals surface area contributed by atoms with E-state index in [2.05, 4.69) is 25.5 Å². The third-order valence-corrected chi connectivity index (χ3v) is 6.22. The summed E-state index contributed by atoms with van der Waals surface area (Å²) in [6.07, 6.45) is 4.27. The molecule has 3 aromatic rings. The molecule has 9 nitrogen and oxygen atoms in total. The van der Waals surface area contributed by atoms with E-state index < -0.39 is 0 Å². The van der Waals surface area contributed by atoms with Gasteiger partial charge < -0.3 is 15.0 Å². The van der Waals surface area contributed by atoms with Crippen LogP contribution in [0, 0.1) is 6.92 Å². The Balaban J connectivity index is 1.37. The molecule has 1 atom stereocenters. The van der Waals surface area contributed by atoms with Crippen molar-refractivity contribution in [1.82, 2.24) is 30.4 Å². The number of pyridine rings is 2. The van der Waals surface area contributed by atoms with Gasteiger partial charge in [0, 0.05) is 42.3 Å². The van der Waals surface area contributed by atoms with Crippen molar-refractivity contribution in [1.29, 1.82) is 0 Å². The first kappa shape index (κ1) is 21.3. The van der Waals surface area contributed by atoms with Crippen LogP contribution in [0.2, 0.25) is 0 Å². The number of H-pyrrole nitrogens is 1. The lowest BCUT2D eigenvalue weighted by molar-refractivity contribution is -0.0249. The van der Waals surface area contributed by atoms with Crippen LogP contribution in [0.5, 0.6) is 0 Å². The maximum atomic E-state index is 13.2. The minimum Gasteiger partial charge on any atom is -0.368 e. The minimum atomic E-state index is -0.327. The van der Waals surface area contributed by atoms with Crippen molar-refractivity contribution in [3.8, 4) is 11.1 Å². The lowest BCUT2D eigenvalue weighted by Crippen LogP contribution is -2.43. The van der Waals surface area contributed by atoms with Crippen molar-refractivity contribution in [3.05, 3.63) is 64.5 Å². The first-order chi connectivity index (χ1) is 16.0. The van der Waals surface area contributed by atoms with Crippen LogP contribution in [0.25, 0.3) is 11.1 Å². The second kappa shape index (κ2) is 8.74. The molecule has 3 aromatic heterocycles. The molecule has 0 spiro atoms. The fraction of sp³-hybridized carbons (Fsp3) is 0.375. The van der Waals surface area contributed by atoms with Gasteiger partial charge in [-0.25, -0.2) is 0 Å². The van der Waals surface area contributed by atoms with Crippen molar-refractivity contribution in [3.63, 3.8) is 0 Å². The summed E-state index contributed by atoms with van der Waals surface area (Å²) in [6, 6.07) is 7.50. The zero-order valence-electron chi connectivity index (χ0n) is 18.7. The Kier molecular flexibility index (Phi) is 5.63. The Hall–Kier alpha value is -3.59. The van der Waals surface area contributed by atoms with E-state index in [-0.39, 0.29) is 17.9 Å². The number of nitrogens with one attached hydrogen (secondary N) is 2. The molecule has 1 aliphatic heterocycles. The van der Waals surface area contributed by atoms with Gasteiger partial charge in [-0.05, 0) is 49.9 Å². The summed E-state index contributed by atoms with van der Waals surface area (Å²) in [4.78, 5) is 35.7. The Morgan fingerprint density at radius 2 is 2.09 bits per heavy atom. The quantitative estimate of drug-likeness (QED) is 0.636. The van der Waals surface area contributed by atoms with Gasteiger partial charge in [-0.15, -0.1) is 0 Å². The molecule has 0 aromatic carbocycles. The van der Waals surface area contributed by atoms with Crippen molar-refractivity contribution < 1.29 is 14.3 Å². The number of rotatable bonds is 4. The number of carbonyl (C=O) groups excluding carboxylic acids is 2. The number of morpholine rings is 1. The van der Waals surface area contributed by atoms with Crippen LogP contribution in [0.15, 0.2) is 30.5 Å². The van der Waals surface area contributed by atoms with Crippen LogP contribution in [0.3, 0.4) is 0 Å². The zero-order chi connectivity index (χ0) is 22.9. The molecule has 0 saturated carbocycles. The highest BCUT2D eigenvalue weighted by molar-refractivity contribution is 5.94. The highest BCUT2D eigenvalue weighted by atomic mass is 16.5. The summed E-state index contributed by atoms with van der Waals surface area (Å²) >= 11 is 0. The Labute approximate surface area is 191 Å². The van der Waals surface area contributed by atoms with E-state index in [1.165, 1.54) is 0 Å². The molecule has 0 radical (unpaired) electrons. The van der Waals surface area contributed by atoms with Gasteiger partial charge in [-0.2, -0.15) is 5.10 Å². The monoisotopic (exact) mass is 446 g/mol. The molecule has 2 amide bonds. The van der Waals surface area contributed by atoms with Crippen LogP contribution >= 0.6 is 0 Å². The molecule has 33 heavy (non-hydrogen) atoms. The number of aryl methyl sites for hydroxylation is 2. The molecule has 2 aliphatic rings. The first-order valence-corrected chi connectivity index (χ1v) is 11.2. The topological polar surface area (TPSA) is 113 Å². The Morgan fingerprint density at radius 1 is 1.21 bits per heavy atom. The predicted molar refractivity (Wildman–Crippen MR) is 121 cm³/mol. The molecule has 9 heteroatoms. The van der Waals surface area contributed by atoms with Gasteiger partial charge in [-0.1, -0.05) is 6.07 Å². The average Bonchev–Trinajstić information content (AvgIpc) is 3.47. The van der Waals surface area contributed by atoms with Crippen LogP contribution in [0.4, 0.5) is 0 Å². The number of aromatic nitrogens is 4. The third kappa shape index (κ3) is 4.11. The largest absolute Gasteiger partial charge is 0.368 e. The number of aromatic amines is 1. The van der Waals surface area contributed by atoms with E-state index in [0.29, 0.717) is 31.1 Å². The Bertz CT molecular complexity index is 1200. The number of amides is 2. The molecule has 5 rings (SSSR count). The number of nitrogens with zero attached hydrogens (tertiary/aromatic N) is 4. The summed E-state index contributed by atoms with van der Waals surface area (Å²) in [5, 5.41) is 9.89. The lowest BCUT2D eigenvalue weighted by atomic mass is 10.0. The molecule has 1 unspecified atom stereocenters. The molecule has 170 valence electrons. The fourth-order valence-electron chi connectivity index (χ4n) is 4.51. The summed E-state index contributed by atoms with van der Waals surface area (Å²) in [7, 11) is 1.58. The molecule has 4 heterocycles. The van der Waals surface area contributed by atoms with Gasteiger partial charge in [0.2, 0.25) is 0 Å². The lowest BCUT2D eigenvalue weighted by Gasteiger charge is -2.32. The van der Waals surface area contributed by atoms with Crippen LogP contribution in [0.1, 0.15) is 56.1 Å². The number of fused-ring (bicyclic) bond motifs is 1.